The zero-order valence-electron chi connectivity index (χ0n) is 12.9. The predicted molar refractivity (Wildman–Crippen MR) is 82.6 cm³/mol. The molecule has 3 rings (SSSR count). The molecule has 0 aromatic carbocycles. The number of hydrogen-bond donors (Lipinski definition) is 0. The highest BCUT2D eigenvalue weighted by atomic mass is 15.1. The van der Waals surface area contributed by atoms with E-state index in [2.05, 4.69) is 35.9 Å². The molecule has 0 N–H and O–H groups in total. The molecular weight excluding hydrogens is 246 g/mol. The monoisotopic (exact) mass is 273 g/mol. The molecule has 1 aromatic rings. The third-order valence-corrected chi connectivity index (χ3v) is 4.97. The molecule has 1 saturated heterocycles. The molecule has 0 atom stereocenters. The fourth-order valence-electron chi connectivity index (χ4n) is 3.47. The third kappa shape index (κ3) is 3.21. The first-order valence-electron chi connectivity index (χ1n) is 8.13. The highest BCUT2D eigenvalue weighted by molar-refractivity contribution is 5.25. The van der Waals surface area contributed by atoms with Crippen molar-refractivity contribution in [3.63, 3.8) is 0 Å². The van der Waals surface area contributed by atoms with Crippen molar-refractivity contribution < 1.29 is 0 Å². The van der Waals surface area contributed by atoms with E-state index in [1.165, 1.54) is 49.3 Å². The summed E-state index contributed by atoms with van der Waals surface area (Å²) in [6.45, 7) is 8.07. The number of likely N-dealkylation sites (tertiary alicyclic amines) is 1. The molecule has 2 aliphatic heterocycles. The predicted octanol–water partition coefficient (Wildman–Crippen LogP) is 2.69. The lowest BCUT2D eigenvalue weighted by Crippen LogP contribution is -2.33. The normalized spacial score (nSPS) is 21.9. The van der Waals surface area contributed by atoms with Crippen molar-refractivity contribution in [1.82, 2.24) is 14.8 Å². The summed E-state index contributed by atoms with van der Waals surface area (Å²) in [7, 11) is 2.19. The maximum atomic E-state index is 4.91. The highest BCUT2D eigenvalue weighted by Gasteiger charge is 2.19. The van der Waals surface area contributed by atoms with E-state index in [1.807, 2.05) is 0 Å². The minimum absolute atomic E-state index is 0.957. The highest BCUT2D eigenvalue weighted by Crippen LogP contribution is 2.22. The summed E-state index contributed by atoms with van der Waals surface area (Å²) >= 11 is 0. The SMILES string of the molecule is CCC1CCN(Cc2ccc3c(n2)CCN(C)C3)CC1. The van der Waals surface area contributed by atoms with Crippen molar-refractivity contribution in [2.75, 3.05) is 26.7 Å². The van der Waals surface area contributed by atoms with Gasteiger partial charge in [-0.05, 0) is 50.5 Å². The van der Waals surface area contributed by atoms with E-state index >= 15 is 0 Å². The molecule has 3 nitrogen and oxygen atoms in total. The summed E-state index contributed by atoms with van der Waals surface area (Å²) in [5, 5.41) is 0. The summed E-state index contributed by atoms with van der Waals surface area (Å²) < 4.78 is 0. The van der Waals surface area contributed by atoms with E-state index in [1.54, 1.807) is 0 Å². The molecule has 110 valence electrons. The molecule has 0 radical (unpaired) electrons. The van der Waals surface area contributed by atoms with Gasteiger partial charge in [0.25, 0.3) is 0 Å². The Bertz CT molecular complexity index is 450. The van der Waals surface area contributed by atoms with E-state index in [9.17, 15) is 0 Å². The molecule has 0 saturated carbocycles. The van der Waals surface area contributed by atoms with Crippen molar-refractivity contribution in [3.8, 4) is 0 Å². The van der Waals surface area contributed by atoms with Crippen LogP contribution in [0.3, 0.4) is 0 Å². The van der Waals surface area contributed by atoms with Gasteiger partial charge in [0.15, 0.2) is 0 Å². The largest absolute Gasteiger partial charge is 0.302 e. The number of rotatable bonds is 3. The van der Waals surface area contributed by atoms with Crippen LogP contribution >= 0.6 is 0 Å². The van der Waals surface area contributed by atoms with Crippen LogP contribution in [0.25, 0.3) is 0 Å². The van der Waals surface area contributed by atoms with E-state index in [0.717, 1.165) is 32.0 Å². The maximum absolute atomic E-state index is 4.91. The van der Waals surface area contributed by atoms with Crippen molar-refractivity contribution >= 4 is 0 Å². The lowest BCUT2D eigenvalue weighted by Gasteiger charge is -2.31. The second-order valence-electron chi connectivity index (χ2n) is 6.52. The number of nitrogens with zero attached hydrogens (tertiary/aromatic N) is 3. The van der Waals surface area contributed by atoms with E-state index in [-0.39, 0.29) is 0 Å². The van der Waals surface area contributed by atoms with Gasteiger partial charge < -0.3 is 4.90 Å². The molecule has 1 fully saturated rings. The summed E-state index contributed by atoms with van der Waals surface area (Å²) in [5.74, 6) is 0.957. The van der Waals surface area contributed by atoms with Gasteiger partial charge in [0.1, 0.15) is 0 Å². The average Bonchev–Trinajstić information content (AvgIpc) is 2.48. The number of hydrogen-bond acceptors (Lipinski definition) is 3. The molecule has 0 spiro atoms. The molecule has 0 aliphatic carbocycles. The zero-order valence-corrected chi connectivity index (χ0v) is 12.9. The lowest BCUT2D eigenvalue weighted by molar-refractivity contribution is 0.173. The first kappa shape index (κ1) is 14.0. The van der Waals surface area contributed by atoms with Gasteiger partial charge >= 0.3 is 0 Å². The Morgan fingerprint density at radius 3 is 2.75 bits per heavy atom. The van der Waals surface area contributed by atoms with Crippen LogP contribution in [0.4, 0.5) is 0 Å². The second-order valence-corrected chi connectivity index (χ2v) is 6.52. The summed E-state index contributed by atoms with van der Waals surface area (Å²) in [6, 6.07) is 4.54. The van der Waals surface area contributed by atoms with Crippen LogP contribution in [0.2, 0.25) is 0 Å². The zero-order chi connectivity index (χ0) is 13.9. The number of pyridine rings is 1. The van der Waals surface area contributed by atoms with E-state index < -0.39 is 0 Å². The van der Waals surface area contributed by atoms with Gasteiger partial charge in [0.2, 0.25) is 0 Å². The van der Waals surface area contributed by atoms with Crippen LogP contribution in [0.1, 0.15) is 43.1 Å². The second kappa shape index (κ2) is 6.23. The summed E-state index contributed by atoms with van der Waals surface area (Å²) in [4.78, 5) is 9.87. The Hall–Kier alpha value is -0.930. The average molecular weight is 273 g/mol. The molecule has 3 heteroatoms. The Labute approximate surface area is 123 Å². The van der Waals surface area contributed by atoms with Crippen LogP contribution in [-0.4, -0.2) is 41.5 Å². The number of likely N-dealkylation sites (N-methyl/N-ethyl adjacent to an activating group) is 1. The standard InChI is InChI=1S/C17H27N3/c1-3-14-6-10-20(11-7-14)13-16-5-4-15-12-19(2)9-8-17(15)18-16/h4-5,14H,3,6-13H2,1-2H3. The molecule has 0 unspecified atom stereocenters. The molecular formula is C17H27N3. The molecule has 20 heavy (non-hydrogen) atoms. The fourth-order valence-corrected chi connectivity index (χ4v) is 3.47. The minimum atomic E-state index is 0.957. The smallest absolute Gasteiger partial charge is 0.0547 e. The molecule has 0 bridgehead atoms. The Kier molecular flexibility index (Phi) is 4.37. The maximum Gasteiger partial charge on any atom is 0.0547 e. The Morgan fingerprint density at radius 2 is 2.00 bits per heavy atom. The van der Waals surface area contributed by atoms with Crippen LogP contribution in [0, 0.1) is 5.92 Å². The van der Waals surface area contributed by atoms with Crippen LogP contribution in [0.15, 0.2) is 12.1 Å². The van der Waals surface area contributed by atoms with Gasteiger partial charge in [-0.15, -0.1) is 0 Å². The first-order chi connectivity index (χ1) is 9.74. The van der Waals surface area contributed by atoms with Crippen LogP contribution in [-0.2, 0) is 19.5 Å². The van der Waals surface area contributed by atoms with Gasteiger partial charge in [-0.25, -0.2) is 0 Å². The van der Waals surface area contributed by atoms with Gasteiger partial charge in [-0.2, -0.15) is 0 Å². The van der Waals surface area contributed by atoms with Gasteiger partial charge in [0, 0.05) is 31.7 Å². The van der Waals surface area contributed by atoms with E-state index in [4.69, 9.17) is 4.98 Å². The van der Waals surface area contributed by atoms with Crippen LogP contribution in [0.5, 0.6) is 0 Å². The van der Waals surface area contributed by atoms with Crippen molar-refractivity contribution in [3.05, 3.63) is 29.1 Å². The molecule has 3 heterocycles. The van der Waals surface area contributed by atoms with Gasteiger partial charge in [-0.1, -0.05) is 19.4 Å². The van der Waals surface area contributed by atoms with Crippen molar-refractivity contribution in [1.29, 1.82) is 0 Å². The van der Waals surface area contributed by atoms with Crippen molar-refractivity contribution in [2.45, 2.75) is 45.7 Å². The number of aromatic nitrogens is 1. The van der Waals surface area contributed by atoms with E-state index in [0.29, 0.717) is 0 Å². The van der Waals surface area contributed by atoms with Gasteiger partial charge in [-0.3, -0.25) is 9.88 Å². The summed E-state index contributed by atoms with van der Waals surface area (Å²) in [6.07, 6.45) is 5.19. The molecule has 1 aromatic heterocycles. The quantitative estimate of drug-likeness (QED) is 0.844. The third-order valence-electron chi connectivity index (χ3n) is 4.97. The van der Waals surface area contributed by atoms with Gasteiger partial charge in [0.05, 0.1) is 5.69 Å². The summed E-state index contributed by atoms with van der Waals surface area (Å²) in [5.41, 5.74) is 4.03. The minimum Gasteiger partial charge on any atom is -0.302 e. The number of fused-ring (bicyclic) bond motifs is 1. The lowest BCUT2D eigenvalue weighted by atomic mass is 9.94. The number of piperidine rings is 1. The van der Waals surface area contributed by atoms with Crippen LogP contribution < -0.4 is 0 Å². The Morgan fingerprint density at radius 1 is 1.20 bits per heavy atom. The Balaban J connectivity index is 1.61. The first-order valence-corrected chi connectivity index (χ1v) is 8.13. The molecule has 2 aliphatic rings. The van der Waals surface area contributed by atoms with Crippen molar-refractivity contribution in [2.24, 2.45) is 5.92 Å². The molecule has 0 amide bonds. The fraction of sp³-hybridized carbons (Fsp3) is 0.706. The topological polar surface area (TPSA) is 19.4 Å².